The van der Waals surface area contributed by atoms with Crippen molar-refractivity contribution in [2.24, 2.45) is 17.6 Å². The number of likely N-dealkylation sites (tertiary alicyclic amines) is 1. The SMILES string of the molecule is CCC(C)C1C(=O)Nc2ccccc2CN1C(=O)N1CC(C(N)=O)C1. The zero-order chi connectivity index (χ0) is 18.1. The van der Waals surface area contributed by atoms with Gasteiger partial charge in [0.2, 0.25) is 11.8 Å². The Balaban J connectivity index is 1.88. The second kappa shape index (κ2) is 6.74. The number of hydrogen-bond acceptors (Lipinski definition) is 3. The normalized spacial score (nSPS) is 21.7. The van der Waals surface area contributed by atoms with E-state index in [9.17, 15) is 14.4 Å². The molecular weight excluding hydrogens is 320 g/mol. The van der Waals surface area contributed by atoms with Gasteiger partial charge in [-0.15, -0.1) is 0 Å². The monoisotopic (exact) mass is 344 g/mol. The molecule has 0 bridgehead atoms. The third kappa shape index (κ3) is 3.18. The van der Waals surface area contributed by atoms with Crippen molar-refractivity contribution in [1.82, 2.24) is 9.80 Å². The topological polar surface area (TPSA) is 95.7 Å². The molecule has 1 aromatic carbocycles. The van der Waals surface area contributed by atoms with Gasteiger partial charge in [-0.05, 0) is 17.5 Å². The van der Waals surface area contributed by atoms with E-state index in [4.69, 9.17) is 5.73 Å². The van der Waals surface area contributed by atoms with Crippen molar-refractivity contribution in [1.29, 1.82) is 0 Å². The van der Waals surface area contributed by atoms with Crippen LogP contribution in [0.25, 0.3) is 0 Å². The molecule has 2 heterocycles. The summed E-state index contributed by atoms with van der Waals surface area (Å²) < 4.78 is 0. The molecule has 3 rings (SSSR count). The summed E-state index contributed by atoms with van der Waals surface area (Å²) in [4.78, 5) is 40.2. The van der Waals surface area contributed by atoms with Crippen LogP contribution in [0.1, 0.15) is 25.8 Å². The maximum atomic E-state index is 13.0. The van der Waals surface area contributed by atoms with Crippen LogP contribution in [0.5, 0.6) is 0 Å². The zero-order valence-electron chi connectivity index (χ0n) is 14.6. The number of nitrogens with two attached hydrogens (primary N) is 1. The first-order chi connectivity index (χ1) is 11.9. The van der Waals surface area contributed by atoms with Crippen molar-refractivity contribution < 1.29 is 14.4 Å². The molecule has 2 unspecified atom stereocenters. The summed E-state index contributed by atoms with van der Waals surface area (Å²) in [5, 5.41) is 2.95. The van der Waals surface area contributed by atoms with Crippen LogP contribution in [0.4, 0.5) is 10.5 Å². The van der Waals surface area contributed by atoms with Crippen molar-refractivity contribution >= 4 is 23.5 Å². The highest BCUT2D eigenvalue weighted by molar-refractivity contribution is 5.99. The fraction of sp³-hybridized carbons (Fsp3) is 0.500. The van der Waals surface area contributed by atoms with Crippen LogP contribution in [-0.2, 0) is 16.1 Å². The van der Waals surface area contributed by atoms with Gasteiger partial charge in [-0.1, -0.05) is 38.5 Å². The van der Waals surface area contributed by atoms with Crippen LogP contribution in [0, 0.1) is 11.8 Å². The second-order valence-electron chi connectivity index (χ2n) is 6.89. The van der Waals surface area contributed by atoms with E-state index in [2.05, 4.69) is 5.32 Å². The quantitative estimate of drug-likeness (QED) is 0.867. The van der Waals surface area contributed by atoms with E-state index < -0.39 is 6.04 Å². The second-order valence-corrected chi connectivity index (χ2v) is 6.89. The van der Waals surface area contributed by atoms with Gasteiger partial charge in [0, 0.05) is 18.8 Å². The van der Waals surface area contributed by atoms with Gasteiger partial charge in [-0.2, -0.15) is 0 Å². The molecule has 1 fully saturated rings. The van der Waals surface area contributed by atoms with Gasteiger partial charge in [-0.25, -0.2) is 4.79 Å². The number of hydrogen-bond donors (Lipinski definition) is 2. The highest BCUT2D eigenvalue weighted by Crippen LogP contribution is 2.29. The lowest BCUT2D eigenvalue weighted by molar-refractivity contribution is -0.127. The molecule has 0 aromatic heterocycles. The molecule has 3 N–H and O–H groups in total. The summed E-state index contributed by atoms with van der Waals surface area (Å²) in [6.07, 6.45) is 0.780. The third-order valence-electron chi connectivity index (χ3n) is 5.20. The molecule has 0 spiro atoms. The molecule has 7 nitrogen and oxygen atoms in total. The van der Waals surface area contributed by atoms with Crippen molar-refractivity contribution in [3.8, 4) is 0 Å². The minimum Gasteiger partial charge on any atom is -0.369 e. The van der Waals surface area contributed by atoms with E-state index in [-0.39, 0.29) is 29.7 Å². The predicted octanol–water partition coefficient (Wildman–Crippen LogP) is 1.39. The average molecular weight is 344 g/mol. The van der Waals surface area contributed by atoms with E-state index >= 15 is 0 Å². The first-order valence-electron chi connectivity index (χ1n) is 8.66. The minimum absolute atomic E-state index is 0.0199. The number of rotatable bonds is 3. The highest BCUT2D eigenvalue weighted by atomic mass is 16.2. The van der Waals surface area contributed by atoms with E-state index in [0.717, 1.165) is 17.7 Å². The fourth-order valence-corrected chi connectivity index (χ4v) is 3.38. The first-order valence-corrected chi connectivity index (χ1v) is 8.66. The summed E-state index contributed by atoms with van der Waals surface area (Å²) in [6.45, 7) is 4.98. The highest BCUT2D eigenvalue weighted by Gasteiger charge is 2.42. The lowest BCUT2D eigenvalue weighted by Gasteiger charge is -2.42. The van der Waals surface area contributed by atoms with Crippen LogP contribution in [0.15, 0.2) is 24.3 Å². The molecule has 7 heteroatoms. The summed E-state index contributed by atoms with van der Waals surface area (Å²) in [6, 6.07) is 6.76. The number of amides is 4. The Kier molecular flexibility index (Phi) is 4.65. The first kappa shape index (κ1) is 17.3. The van der Waals surface area contributed by atoms with Crippen molar-refractivity contribution in [2.75, 3.05) is 18.4 Å². The molecule has 25 heavy (non-hydrogen) atoms. The Hall–Kier alpha value is -2.57. The van der Waals surface area contributed by atoms with Crippen LogP contribution < -0.4 is 11.1 Å². The maximum absolute atomic E-state index is 13.0. The molecule has 0 radical (unpaired) electrons. The Labute approximate surface area is 147 Å². The third-order valence-corrected chi connectivity index (χ3v) is 5.20. The number of benzene rings is 1. The summed E-state index contributed by atoms with van der Waals surface area (Å²) in [7, 11) is 0. The van der Waals surface area contributed by atoms with Crippen LogP contribution in [0.2, 0.25) is 0 Å². The van der Waals surface area contributed by atoms with Gasteiger partial charge in [0.05, 0.1) is 12.5 Å². The number of anilines is 1. The van der Waals surface area contributed by atoms with Gasteiger partial charge < -0.3 is 20.9 Å². The lowest BCUT2D eigenvalue weighted by Crippen LogP contribution is -2.61. The number of carbonyl (C=O) groups excluding carboxylic acids is 3. The molecule has 1 saturated heterocycles. The van der Waals surface area contributed by atoms with E-state index in [1.54, 1.807) is 9.80 Å². The molecule has 4 amide bonds. The smallest absolute Gasteiger partial charge is 0.321 e. The number of fused-ring (bicyclic) bond motifs is 1. The molecule has 2 aliphatic rings. The standard InChI is InChI=1S/C18H24N4O3/c1-3-11(2)15-17(24)20-14-7-5-4-6-12(14)10-22(15)18(25)21-8-13(9-21)16(19)23/h4-7,11,13,15H,3,8-10H2,1-2H3,(H2,19,23)(H,20,24). The maximum Gasteiger partial charge on any atom is 0.321 e. The Morgan fingerprint density at radius 2 is 2.00 bits per heavy atom. The van der Waals surface area contributed by atoms with E-state index in [1.807, 2.05) is 38.1 Å². The van der Waals surface area contributed by atoms with Crippen molar-refractivity contribution in [2.45, 2.75) is 32.9 Å². The predicted molar refractivity (Wildman–Crippen MR) is 93.5 cm³/mol. The molecule has 2 atom stereocenters. The van der Waals surface area contributed by atoms with Gasteiger partial charge in [0.15, 0.2) is 0 Å². The molecule has 0 saturated carbocycles. The van der Waals surface area contributed by atoms with Gasteiger partial charge in [-0.3, -0.25) is 9.59 Å². The Morgan fingerprint density at radius 3 is 2.64 bits per heavy atom. The summed E-state index contributed by atoms with van der Waals surface area (Å²) >= 11 is 0. The lowest BCUT2D eigenvalue weighted by atomic mass is 9.96. The fourth-order valence-electron chi connectivity index (χ4n) is 3.38. The minimum atomic E-state index is -0.544. The molecule has 1 aromatic rings. The van der Waals surface area contributed by atoms with Crippen LogP contribution >= 0.6 is 0 Å². The summed E-state index contributed by atoms with van der Waals surface area (Å²) in [5.74, 6) is -0.827. The Bertz CT molecular complexity index is 699. The van der Waals surface area contributed by atoms with Gasteiger partial charge in [0.1, 0.15) is 6.04 Å². The van der Waals surface area contributed by atoms with Crippen molar-refractivity contribution in [3.63, 3.8) is 0 Å². The molecule has 134 valence electrons. The van der Waals surface area contributed by atoms with E-state index in [1.165, 1.54) is 0 Å². The molecular formula is C18H24N4O3. The molecule has 0 aliphatic carbocycles. The van der Waals surface area contributed by atoms with Crippen molar-refractivity contribution in [3.05, 3.63) is 29.8 Å². The number of nitrogens with zero attached hydrogens (tertiary/aromatic N) is 2. The Morgan fingerprint density at radius 1 is 1.32 bits per heavy atom. The van der Waals surface area contributed by atoms with Gasteiger partial charge in [0.25, 0.3) is 0 Å². The molecule has 2 aliphatic heterocycles. The van der Waals surface area contributed by atoms with E-state index in [0.29, 0.717) is 19.6 Å². The number of nitrogens with one attached hydrogen (secondary N) is 1. The zero-order valence-corrected chi connectivity index (χ0v) is 14.6. The number of para-hydroxylation sites is 1. The van der Waals surface area contributed by atoms with Gasteiger partial charge >= 0.3 is 6.03 Å². The largest absolute Gasteiger partial charge is 0.369 e. The van der Waals surface area contributed by atoms with Crippen LogP contribution in [0.3, 0.4) is 0 Å². The number of carbonyl (C=O) groups is 3. The average Bonchev–Trinajstić information content (AvgIpc) is 2.68. The number of urea groups is 1. The van der Waals surface area contributed by atoms with Crippen LogP contribution in [-0.4, -0.2) is 46.8 Å². The number of primary amides is 1. The summed E-state index contributed by atoms with van der Waals surface area (Å²) in [5.41, 5.74) is 6.94.